The van der Waals surface area contributed by atoms with Gasteiger partial charge >= 0.3 is 5.97 Å². The van der Waals surface area contributed by atoms with Crippen LogP contribution in [0.2, 0.25) is 0 Å². The van der Waals surface area contributed by atoms with Crippen molar-refractivity contribution in [1.82, 2.24) is 5.32 Å². The fraction of sp³-hybridized carbons (Fsp3) is 0.467. The Morgan fingerprint density at radius 1 is 1.30 bits per heavy atom. The monoisotopic (exact) mass is 278 g/mol. The summed E-state index contributed by atoms with van der Waals surface area (Å²) in [6, 6.07) is 7.07. The molecule has 0 spiro atoms. The molecule has 0 heterocycles. The lowest BCUT2D eigenvalue weighted by molar-refractivity contribution is -0.144. The molecule has 0 aromatic heterocycles. The van der Waals surface area contributed by atoms with Gasteiger partial charge in [0.1, 0.15) is 6.04 Å². The summed E-state index contributed by atoms with van der Waals surface area (Å²) in [4.78, 5) is 23.4. The fourth-order valence-corrected chi connectivity index (χ4v) is 1.85. The van der Waals surface area contributed by atoms with Gasteiger partial charge in [0.2, 0.25) is 5.91 Å². The number of anilines is 1. The number of hydrogen-bond donors (Lipinski definition) is 2. The predicted molar refractivity (Wildman–Crippen MR) is 78.5 cm³/mol. The van der Waals surface area contributed by atoms with Crippen molar-refractivity contribution in [2.45, 2.75) is 26.8 Å². The highest BCUT2D eigenvalue weighted by molar-refractivity contribution is 5.92. The Balaban J connectivity index is 2.52. The number of rotatable bonds is 6. The van der Waals surface area contributed by atoms with E-state index in [0.29, 0.717) is 0 Å². The van der Waals surface area contributed by atoms with Crippen LogP contribution in [0.25, 0.3) is 0 Å². The second kappa shape index (κ2) is 7.65. The molecule has 0 aliphatic carbocycles. The first kappa shape index (κ1) is 16.2. The molecule has 0 aliphatic rings. The van der Waals surface area contributed by atoms with E-state index >= 15 is 0 Å². The molecule has 0 fully saturated rings. The maximum Gasteiger partial charge on any atom is 0.323 e. The Morgan fingerprint density at radius 2 is 2.00 bits per heavy atom. The Labute approximate surface area is 119 Å². The first-order valence-corrected chi connectivity index (χ1v) is 6.61. The van der Waals surface area contributed by atoms with Gasteiger partial charge in [-0.3, -0.25) is 14.9 Å². The van der Waals surface area contributed by atoms with Crippen molar-refractivity contribution < 1.29 is 14.3 Å². The molecule has 110 valence electrons. The Hall–Kier alpha value is -1.88. The normalized spacial score (nSPS) is 12.1. The smallest absolute Gasteiger partial charge is 0.323 e. The van der Waals surface area contributed by atoms with Crippen molar-refractivity contribution in [3.8, 4) is 0 Å². The van der Waals surface area contributed by atoms with E-state index in [1.807, 2.05) is 45.0 Å². The number of methoxy groups -OCH3 is 1. The molecule has 5 nitrogen and oxygen atoms in total. The van der Waals surface area contributed by atoms with E-state index in [4.69, 9.17) is 4.74 Å². The second-order valence-electron chi connectivity index (χ2n) is 5.04. The van der Waals surface area contributed by atoms with Crippen molar-refractivity contribution in [2.75, 3.05) is 19.0 Å². The van der Waals surface area contributed by atoms with Crippen molar-refractivity contribution in [3.05, 3.63) is 29.8 Å². The minimum atomic E-state index is -0.483. The molecule has 0 saturated heterocycles. The number of benzene rings is 1. The Morgan fingerprint density at radius 3 is 2.55 bits per heavy atom. The van der Waals surface area contributed by atoms with Gasteiger partial charge in [-0.2, -0.15) is 0 Å². The van der Waals surface area contributed by atoms with Crippen LogP contribution in [0.15, 0.2) is 24.3 Å². The molecule has 0 bridgehead atoms. The minimum Gasteiger partial charge on any atom is -0.468 e. The van der Waals surface area contributed by atoms with E-state index < -0.39 is 6.04 Å². The maximum absolute atomic E-state index is 11.8. The molecule has 1 aromatic carbocycles. The Kier molecular flexibility index (Phi) is 6.18. The van der Waals surface area contributed by atoms with Gasteiger partial charge in [0.05, 0.1) is 13.7 Å². The number of ether oxygens (including phenoxy) is 1. The molecule has 0 radical (unpaired) electrons. The van der Waals surface area contributed by atoms with E-state index in [2.05, 4.69) is 10.6 Å². The summed E-state index contributed by atoms with van der Waals surface area (Å²) < 4.78 is 4.71. The van der Waals surface area contributed by atoms with Gasteiger partial charge in [0.25, 0.3) is 0 Å². The summed E-state index contributed by atoms with van der Waals surface area (Å²) in [6.45, 7) is 5.81. The van der Waals surface area contributed by atoms with Crippen molar-refractivity contribution >= 4 is 17.6 Å². The van der Waals surface area contributed by atoms with Crippen LogP contribution in [-0.4, -0.2) is 31.6 Å². The average molecular weight is 278 g/mol. The first-order valence-electron chi connectivity index (χ1n) is 6.61. The van der Waals surface area contributed by atoms with Gasteiger partial charge < -0.3 is 10.1 Å². The molecule has 1 amide bonds. The highest BCUT2D eigenvalue weighted by atomic mass is 16.5. The molecule has 0 aliphatic heterocycles. The van der Waals surface area contributed by atoms with Crippen LogP contribution in [0.3, 0.4) is 0 Å². The molecule has 5 heteroatoms. The van der Waals surface area contributed by atoms with Crippen LogP contribution in [0.4, 0.5) is 5.69 Å². The molecular formula is C15H22N2O3. The lowest BCUT2D eigenvalue weighted by atomic mass is 10.0. The van der Waals surface area contributed by atoms with E-state index in [0.717, 1.165) is 11.3 Å². The molecular weight excluding hydrogens is 256 g/mol. The number of aryl methyl sites for hydroxylation is 1. The highest BCUT2D eigenvalue weighted by Gasteiger charge is 2.22. The summed E-state index contributed by atoms with van der Waals surface area (Å²) >= 11 is 0. The third kappa shape index (κ3) is 5.01. The van der Waals surface area contributed by atoms with Crippen LogP contribution >= 0.6 is 0 Å². The molecule has 1 unspecified atom stereocenters. The Bertz CT molecular complexity index is 472. The molecule has 1 atom stereocenters. The lowest BCUT2D eigenvalue weighted by Crippen LogP contribution is -2.45. The molecule has 1 rings (SSSR count). The number of carbonyl (C=O) groups excluding carboxylic acids is 2. The van der Waals surface area contributed by atoms with E-state index in [-0.39, 0.29) is 24.3 Å². The quantitative estimate of drug-likeness (QED) is 0.778. The maximum atomic E-state index is 11.8. The molecule has 2 N–H and O–H groups in total. The van der Waals surface area contributed by atoms with Crippen LogP contribution in [0, 0.1) is 12.8 Å². The highest BCUT2D eigenvalue weighted by Crippen LogP contribution is 2.09. The predicted octanol–water partition coefficient (Wildman–Crippen LogP) is 1.72. The summed E-state index contributed by atoms with van der Waals surface area (Å²) in [5, 5.41) is 5.70. The van der Waals surface area contributed by atoms with Crippen molar-refractivity contribution in [1.29, 1.82) is 0 Å². The zero-order valence-corrected chi connectivity index (χ0v) is 12.4. The van der Waals surface area contributed by atoms with Crippen LogP contribution in [0.5, 0.6) is 0 Å². The van der Waals surface area contributed by atoms with Crippen molar-refractivity contribution in [2.24, 2.45) is 5.92 Å². The summed E-state index contributed by atoms with van der Waals surface area (Å²) in [6.07, 6.45) is 0. The minimum absolute atomic E-state index is 0.0502. The number of nitrogens with one attached hydrogen (secondary N) is 2. The molecule has 20 heavy (non-hydrogen) atoms. The van der Waals surface area contributed by atoms with E-state index in [9.17, 15) is 9.59 Å². The number of carbonyl (C=O) groups is 2. The third-order valence-electron chi connectivity index (χ3n) is 2.91. The first-order chi connectivity index (χ1) is 9.43. The topological polar surface area (TPSA) is 67.4 Å². The summed E-state index contributed by atoms with van der Waals surface area (Å²) in [5.74, 6) is -0.497. The fourth-order valence-electron chi connectivity index (χ4n) is 1.85. The standard InChI is InChI=1S/C15H22N2O3/c1-10(2)14(15(19)20-4)16-9-13(18)17-12-7-5-6-11(3)8-12/h5-8,10,14,16H,9H2,1-4H3,(H,17,18). The van der Waals surface area contributed by atoms with Gasteiger partial charge in [-0.25, -0.2) is 0 Å². The molecule has 1 aromatic rings. The largest absolute Gasteiger partial charge is 0.468 e. The van der Waals surface area contributed by atoms with Crippen LogP contribution in [-0.2, 0) is 14.3 Å². The van der Waals surface area contributed by atoms with Gasteiger partial charge in [0, 0.05) is 5.69 Å². The van der Waals surface area contributed by atoms with Crippen LogP contribution < -0.4 is 10.6 Å². The zero-order valence-electron chi connectivity index (χ0n) is 12.4. The third-order valence-corrected chi connectivity index (χ3v) is 2.91. The number of esters is 1. The van der Waals surface area contributed by atoms with Gasteiger partial charge in [0.15, 0.2) is 0 Å². The zero-order chi connectivity index (χ0) is 15.1. The van der Waals surface area contributed by atoms with Gasteiger partial charge in [-0.1, -0.05) is 26.0 Å². The van der Waals surface area contributed by atoms with Crippen LogP contribution in [0.1, 0.15) is 19.4 Å². The van der Waals surface area contributed by atoms with Gasteiger partial charge in [-0.05, 0) is 30.5 Å². The summed E-state index contributed by atoms with van der Waals surface area (Å²) in [7, 11) is 1.34. The SMILES string of the molecule is COC(=O)C(NCC(=O)Nc1cccc(C)c1)C(C)C. The molecule has 0 saturated carbocycles. The second-order valence-corrected chi connectivity index (χ2v) is 5.04. The van der Waals surface area contributed by atoms with Crippen molar-refractivity contribution in [3.63, 3.8) is 0 Å². The number of hydrogen-bond acceptors (Lipinski definition) is 4. The van der Waals surface area contributed by atoms with Gasteiger partial charge in [-0.15, -0.1) is 0 Å². The van der Waals surface area contributed by atoms with E-state index in [1.54, 1.807) is 0 Å². The summed E-state index contributed by atoms with van der Waals surface area (Å²) in [5.41, 5.74) is 1.82. The number of amides is 1. The lowest BCUT2D eigenvalue weighted by Gasteiger charge is -2.19. The van der Waals surface area contributed by atoms with E-state index in [1.165, 1.54) is 7.11 Å². The average Bonchev–Trinajstić information content (AvgIpc) is 2.38.